The van der Waals surface area contributed by atoms with Crippen molar-refractivity contribution in [3.63, 3.8) is 0 Å². The number of anilines is 8. The van der Waals surface area contributed by atoms with Crippen LogP contribution in [0.1, 0.15) is 106 Å². The number of piperazine rings is 1. The zero-order chi connectivity index (χ0) is 67.5. The lowest BCUT2D eigenvalue weighted by Crippen LogP contribution is -2.54. The van der Waals surface area contributed by atoms with E-state index in [1.54, 1.807) is 0 Å². The van der Waals surface area contributed by atoms with Crippen LogP contribution in [-0.4, -0.2) is 268 Å². The molecule has 0 aromatic heterocycles. The van der Waals surface area contributed by atoms with Gasteiger partial charge in [0.05, 0.1) is 107 Å². The van der Waals surface area contributed by atoms with Gasteiger partial charge in [0.1, 0.15) is 13.1 Å². The predicted molar refractivity (Wildman–Crippen MR) is 410 cm³/mol. The molecule has 96 heavy (non-hydrogen) atoms. The van der Waals surface area contributed by atoms with Crippen LogP contribution in [0, 0.1) is 0 Å². The second-order valence-corrected chi connectivity index (χ2v) is 31.3. The van der Waals surface area contributed by atoms with Gasteiger partial charge in [-0.3, -0.25) is 4.90 Å². The molecule has 12 rings (SSSR count). The topological polar surface area (TPSA) is 178 Å². The molecule has 4 aromatic carbocycles. The number of nitrogen functional groups attached to an aromatic ring is 4. The summed E-state index contributed by atoms with van der Waals surface area (Å²) < 4.78 is 10.4. The lowest BCUT2D eigenvalue weighted by Gasteiger charge is -2.39. The normalized spacial score (nSPS) is 20.1. The maximum absolute atomic E-state index is 5.98. The van der Waals surface area contributed by atoms with Crippen LogP contribution < -0.4 is 63.8 Å². The van der Waals surface area contributed by atoms with Gasteiger partial charge in [-0.2, -0.15) is 0 Å². The Morgan fingerprint density at radius 1 is 0.333 bits per heavy atom. The van der Waals surface area contributed by atoms with Crippen molar-refractivity contribution in [3.05, 3.63) is 95.1 Å². The number of hydrogen-bond acceptors (Lipinski definition) is 14. The number of likely N-dealkylation sites (tertiary alicyclic amines) is 2. The fourth-order valence-corrected chi connectivity index (χ4v) is 16.2. The Labute approximate surface area is 583 Å². The van der Waals surface area contributed by atoms with Crippen molar-refractivity contribution in [2.45, 2.75) is 109 Å². The zero-order valence-electron chi connectivity index (χ0n) is 61.3. The molecule has 12 N–H and O–H groups in total. The number of nitrogens with two attached hydrogens (primary N) is 4. The summed E-state index contributed by atoms with van der Waals surface area (Å²) in [4.78, 5) is 12.6. The average molecular weight is 1330 g/mol. The van der Waals surface area contributed by atoms with Gasteiger partial charge in [-0.25, -0.2) is 0 Å². The number of hydrogen-bond donors (Lipinski definition) is 8. The van der Waals surface area contributed by atoms with E-state index in [1.807, 2.05) is 24.3 Å². The van der Waals surface area contributed by atoms with Gasteiger partial charge in [-0.15, -0.1) is 0 Å². The summed E-state index contributed by atoms with van der Waals surface area (Å²) in [5, 5.41) is 14.5. The lowest BCUT2D eigenvalue weighted by atomic mass is 10.0. The SMILES string of the molecule is C[N+]1(C)CCN(CCCNCCN2CCCc3ccc(N)cc32)CC1.C[N+]1(CCCNCCN2CCCc3ccc(N)cc32)CCCC1.C[N+]1(CCCNCCN2CCCc3ccc(N)cc32)CCCCC1.C[N+]1(CCCNCCN2CCCc3ccc(N)cc32)CCOCC1. The number of piperidine rings is 1. The molecule has 18 heteroatoms. The Morgan fingerprint density at radius 2 is 0.635 bits per heavy atom. The van der Waals surface area contributed by atoms with E-state index in [-0.39, 0.29) is 0 Å². The first-order valence-electron chi connectivity index (χ1n) is 38.5. The molecule has 8 aliphatic heterocycles. The van der Waals surface area contributed by atoms with Gasteiger partial charge in [-0.1, -0.05) is 24.3 Å². The van der Waals surface area contributed by atoms with E-state index >= 15 is 0 Å². The lowest BCUT2D eigenvalue weighted by molar-refractivity contribution is -0.917. The monoisotopic (exact) mass is 1330 g/mol. The van der Waals surface area contributed by atoms with Crippen LogP contribution in [-0.2, 0) is 30.4 Å². The molecule has 8 heterocycles. The van der Waals surface area contributed by atoms with Gasteiger partial charge < -0.3 is 86.5 Å². The van der Waals surface area contributed by atoms with Crippen LogP contribution in [0.5, 0.6) is 0 Å². The van der Waals surface area contributed by atoms with Gasteiger partial charge in [-0.05, 0) is 161 Å². The summed E-state index contributed by atoms with van der Waals surface area (Å²) in [5.41, 5.74) is 38.6. The summed E-state index contributed by atoms with van der Waals surface area (Å²) in [6, 6.07) is 25.5. The van der Waals surface area contributed by atoms with Crippen molar-refractivity contribution >= 4 is 45.5 Å². The van der Waals surface area contributed by atoms with Gasteiger partial charge in [0.2, 0.25) is 0 Å². The van der Waals surface area contributed by atoms with E-state index in [9.17, 15) is 0 Å². The Kier molecular flexibility index (Phi) is 30.1. The number of nitrogens with zero attached hydrogens (tertiary/aromatic N) is 9. The third-order valence-corrected chi connectivity index (χ3v) is 22.6. The van der Waals surface area contributed by atoms with Crippen LogP contribution in [0.15, 0.2) is 72.8 Å². The van der Waals surface area contributed by atoms with Crippen LogP contribution in [0.2, 0.25) is 0 Å². The fourth-order valence-electron chi connectivity index (χ4n) is 16.2. The predicted octanol–water partition coefficient (Wildman–Crippen LogP) is 7.74. The molecule has 4 fully saturated rings. The van der Waals surface area contributed by atoms with Crippen molar-refractivity contribution in [2.75, 3.05) is 287 Å². The van der Waals surface area contributed by atoms with E-state index in [0.29, 0.717) is 0 Å². The summed E-state index contributed by atoms with van der Waals surface area (Å²) >= 11 is 0. The molecule has 4 aromatic rings. The van der Waals surface area contributed by atoms with Crippen molar-refractivity contribution in [2.24, 2.45) is 0 Å². The van der Waals surface area contributed by atoms with Crippen molar-refractivity contribution in [1.29, 1.82) is 0 Å². The first kappa shape index (κ1) is 75.1. The maximum Gasteiger partial charge on any atom is 0.102 e. The summed E-state index contributed by atoms with van der Waals surface area (Å²) in [6.45, 7) is 37.6. The van der Waals surface area contributed by atoms with E-state index in [1.165, 1.54) is 251 Å². The Balaban J connectivity index is 0.000000150. The average Bonchev–Trinajstić information content (AvgIpc) is 0.959. The number of quaternary nitrogens is 4. The van der Waals surface area contributed by atoms with Crippen LogP contribution in [0.3, 0.4) is 0 Å². The van der Waals surface area contributed by atoms with E-state index in [0.717, 1.165) is 154 Å². The van der Waals surface area contributed by atoms with Crippen molar-refractivity contribution in [3.8, 4) is 0 Å². The number of rotatable bonds is 28. The molecule has 0 radical (unpaired) electrons. The second-order valence-electron chi connectivity index (χ2n) is 31.3. The number of nitrogens with one attached hydrogen (secondary N) is 4. The number of aryl methyl sites for hydroxylation is 4. The summed E-state index contributed by atoms with van der Waals surface area (Å²) in [7, 11) is 11.9. The highest BCUT2D eigenvalue weighted by atomic mass is 16.5. The highest BCUT2D eigenvalue weighted by Gasteiger charge is 2.29. The van der Waals surface area contributed by atoms with Gasteiger partial charge in [0.25, 0.3) is 0 Å². The zero-order valence-corrected chi connectivity index (χ0v) is 61.3. The molecule has 0 saturated carbocycles. The highest BCUT2D eigenvalue weighted by molar-refractivity contribution is 5.65. The molecule has 0 spiro atoms. The number of morpholine rings is 1. The minimum Gasteiger partial charge on any atom is -0.399 e. The van der Waals surface area contributed by atoms with Crippen LogP contribution in [0.25, 0.3) is 0 Å². The second kappa shape index (κ2) is 38.5. The molecular weight excluding hydrogens is 1190 g/mol. The summed E-state index contributed by atoms with van der Waals surface area (Å²) in [6.07, 6.45) is 21.9. The minimum atomic E-state index is 0.871. The van der Waals surface area contributed by atoms with Crippen LogP contribution in [0.4, 0.5) is 45.5 Å². The molecule has 0 aliphatic carbocycles. The Hall–Kier alpha value is -5.12. The standard InChI is InChI=1S/C20H36N5.C20H35N4.C19H33N4O.C19H33N4/c1-25(2)15-13-23(14-16-25)10-4-8-22-9-12-24-11-3-5-18-6-7-19(21)17-20(18)24;1-24(14-3-2-4-15-24)16-6-10-22-11-13-23-12-5-7-18-8-9-19(21)17-20(18)23;1-23(12-14-24-15-13-23)11-3-7-21-8-10-22-9-2-4-17-5-6-18(20)16-19(17)22;1-23(13-2-3-14-23)15-5-9-21-10-12-22-11-4-6-17-7-8-18(20)16-19(17)22/h6-7,17,22H,3-5,8-16,21H2,1-2H3;8-9,17,22H,2-7,10-16,21H2,1H3;5-6,16,21H,2-4,7-15,20H2,1H3;7-8,16,21H,2-6,9-15,20H2,1H3/q4*+1. The number of ether oxygens (including phenoxy) is 1. The molecule has 18 nitrogen and oxygen atoms in total. The Bertz CT molecular complexity index is 2780. The summed E-state index contributed by atoms with van der Waals surface area (Å²) in [5.74, 6) is 0. The first-order chi connectivity index (χ1) is 46.5. The molecule has 4 saturated heterocycles. The van der Waals surface area contributed by atoms with E-state index < -0.39 is 0 Å². The molecule has 8 aliphatic rings. The van der Waals surface area contributed by atoms with Gasteiger partial charge in [0, 0.05) is 189 Å². The molecule has 0 unspecified atom stereocenters. The maximum atomic E-state index is 5.98. The fraction of sp³-hybridized carbons (Fsp3) is 0.692. The minimum absolute atomic E-state index is 0.871. The molecule has 0 bridgehead atoms. The first-order valence-corrected chi connectivity index (χ1v) is 38.5. The molecular formula is C78H137N17O+4. The third-order valence-electron chi connectivity index (χ3n) is 22.6. The number of likely N-dealkylation sites (N-methyl/N-ethyl adjacent to an activating group) is 2. The van der Waals surface area contributed by atoms with Crippen LogP contribution >= 0.6 is 0 Å². The largest absolute Gasteiger partial charge is 0.399 e. The quantitative estimate of drug-likeness (QED) is 0.0157. The Morgan fingerprint density at radius 3 is 0.969 bits per heavy atom. The van der Waals surface area contributed by atoms with E-state index in [2.05, 4.69) is 130 Å². The number of fused-ring (bicyclic) bond motifs is 4. The molecule has 0 atom stereocenters. The van der Waals surface area contributed by atoms with Crippen molar-refractivity contribution in [1.82, 2.24) is 26.2 Å². The highest BCUT2D eigenvalue weighted by Crippen LogP contribution is 2.33. The molecule has 0 amide bonds. The smallest absolute Gasteiger partial charge is 0.102 e. The van der Waals surface area contributed by atoms with E-state index in [4.69, 9.17) is 27.7 Å². The number of benzene rings is 4. The van der Waals surface area contributed by atoms with Gasteiger partial charge >= 0.3 is 0 Å². The molecule has 536 valence electrons. The van der Waals surface area contributed by atoms with Gasteiger partial charge in [0.15, 0.2) is 0 Å². The van der Waals surface area contributed by atoms with Crippen molar-refractivity contribution < 1.29 is 22.7 Å². The third kappa shape index (κ3) is 24.6.